The first-order valence-corrected chi connectivity index (χ1v) is 6.41. The highest BCUT2D eigenvalue weighted by Gasteiger charge is 2.00. The van der Waals surface area contributed by atoms with Crippen LogP contribution < -0.4 is 15.5 Å². The first kappa shape index (κ1) is 14.5. The largest absolute Gasteiger partial charge is 0.375 e. The number of carbonyl (C=O) groups is 1. The first-order valence-electron chi connectivity index (χ1n) is 6.41. The quantitative estimate of drug-likeness (QED) is 0.681. The number of hydrogen-bond donors (Lipinski definition) is 2. The van der Waals surface area contributed by atoms with Gasteiger partial charge >= 0.3 is 0 Å². The van der Waals surface area contributed by atoms with E-state index in [4.69, 9.17) is 0 Å². The minimum Gasteiger partial charge on any atom is -0.375 e. The molecule has 0 spiro atoms. The molecule has 0 aliphatic heterocycles. The summed E-state index contributed by atoms with van der Waals surface area (Å²) in [4.78, 5) is 13.4. The van der Waals surface area contributed by atoms with Crippen molar-refractivity contribution in [3.05, 3.63) is 30.3 Å². The molecule has 0 saturated carbocycles. The number of para-hydroxylation sites is 1. The van der Waals surface area contributed by atoms with Crippen molar-refractivity contribution in [2.45, 2.75) is 12.8 Å². The number of anilines is 1. The average molecular weight is 249 g/mol. The van der Waals surface area contributed by atoms with Crippen molar-refractivity contribution in [3.8, 4) is 0 Å². The summed E-state index contributed by atoms with van der Waals surface area (Å²) in [5.74, 6) is 0.0638. The van der Waals surface area contributed by atoms with Crippen molar-refractivity contribution in [1.82, 2.24) is 10.6 Å². The van der Waals surface area contributed by atoms with Crippen molar-refractivity contribution in [2.24, 2.45) is 0 Å². The molecule has 100 valence electrons. The molecule has 0 bridgehead atoms. The van der Waals surface area contributed by atoms with Crippen LogP contribution in [0.15, 0.2) is 30.3 Å². The highest BCUT2D eigenvalue weighted by molar-refractivity contribution is 5.77. The second-order valence-electron chi connectivity index (χ2n) is 4.34. The van der Waals surface area contributed by atoms with Crippen LogP contribution in [0.1, 0.15) is 12.8 Å². The second-order valence-corrected chi connectivity index (χ2v) is 4.34. The number of carbonyl (C=O) groups excluding carboxylic acids is 1. The predicted octanol–water partition coefficient (Wildman–Crippen LogP) is 1.24. The molecule has 0 aliphatic carbocycles. The minimum atomic E-state index is 0.0638. The molecule has 1 aromatic carbocycles. The molecule has 0 aliphatic rings. The van der Waals surface area contributed by atoms with Gasteiger partial charge in [-0.2, -0.15) is 0 Å². The molecule has 0 heterocycles. The van der Waals surface area contributed by atoms with Crippen LogP contribution in [-0.4, -0.2) is 39.6 Å². The van der Waals surface area contributed by atoms with Crippen LogP contribution in [0.25, 0.3) is 0 Å². The zero-order valence-corrected chi connectivity index (χ0v) is 11.3. The van der Waals surface area contributed by atoms with Gasteiger partial charge in [0, 0.05) is 25.8 Å². The van der Waals surface area contributed by atoms with Crippen LogP contribution >= 0.6 is 0 Å². The van der Waals surface area contributed by atoms with Crippen LogP contribution in [-0.2, 0) is 4.79 Å². The lowest BCUT2D eigenvalue weighted by molar-refractivity contribution is -0.120. The van der Waals surface area contributed by atoms with Gasteiger partial charge in [-0.05, 0) is 32.0 Å². The van der Waals surface area contributed by atoms with E-state index in [-0.39, 0.29) is 5.91 Å². The van der Waals surface area contributed by atoms with Gasteiger partial charge in [0.15, 0.2) is 0 Å². The lowest BCUT2D eigenvalue weighted by atomic mass is 10.2. The fraction of sp³-hybridized carbons (Fsp3) is 0.500. The van der Waals surface area contributed by atoms with E-state index in [0.29, 0.717) is 6.54 Å². The maximum Gasteiger partial charge on any atom is 0.233 e. The zero-order valence-electron chi connectivity index (χ0n) is 11.3. The van der Waals surface area contributed by atoms with Gasteiger partial charge in [0.05, 0.1) is 6.54 Å². The van der Waals surface area contributed by atoms with Crippen LogP contribution in [0.4, 0.5) is 5.69 Å². The fourth-order valence-electron chi connectivity index (χ4n) is 1.74. The summed E-state index contributed by atoms with van der Waals surface area (Å²) >= 11 is 0. The molecule has 1 rings (SSSR count). The second kappa shape index (κ2) is 8.53. The molecule has 1 aromatic rings. The smallest absolute Gasteiger partial charge is 0.233 e. The Morgan fingerprint density at radius 1 is 1.22 bits per heavy atom. The third-order valence-electron chi connectivity index (χ3n) is 2.78. The lowest BCUT2D eigenvalue weighted by Crippen LogP contribution is -2.33. The van der Waals surface area contributed by atoms with Gasteiger partial charge in [-0.15, -0.1) is 0 Å². The van der Waals surface area contributed by atoms with Crippen LogP contribution in [0.3, 0.4) is 0 Å². The molecule has 4 nitrogen and oxygen atoms in total. The molecule has 18 heavy (non-hydrogen) atoms. The number of nitrogens with zero attached hydrogens (tertiary/aromatic N) is 1. The highest BCUT2D eigenvalue weighted by atomic mass is 16.1. The number of unbranched alkanes of at least 4 members (excludes halogenated alkanes) is 1. The summed E-state index contributed by atoms with van der Waals surface area (Å²) in [5, 5.41) is 5.70. The van der Waals surface area contributed by atoms with Crippen molar-refractivity contribution >= 4 is 11.6 Å². The van der Waals surface area contributed by atoms with Gasteiger partial charge in [0.1, 0.15) is 0 Å². The Kier molecular flexibility index (Phi) is 6.87. The molecule has 0 unspecified atom stereocenters. The molecule has 0 radical (unpaired) electrons. The monoisotopic (exact) mass is 249 g/mol. The number of likely N-dealkylation sites (N-methyl/N-ethyl adjacent to an activating group) is 1. The summed E-state index contributed by atoms with van der Waals surface area (Å²) in [5.41, 5.74) is 1.23. The first-order chi connectivity index (χ1) is 8.74. The van der Waals surface area contributed by atoms with Gasteiger partial charge in [-0.25, -0.2) is 0 Å². The third-order valence-corrected chi connectivity index (χ3v) is 2.78. The molecule has 0 aromatic heterocycles. The number of benzene rings is 1. The maximum atomic E-state index is 11.2. The summed E-state index contributed by atoms with van der Waals surface area (Å²) in [6.07, 6.45) is 2.08. The molecular weight excluding hydrogens is 226 g/mol. The van der Waals surface area contributed by atoms with Gasteiger partial charge < -0.3 is 15.5 Å². The SMILES string of the molecule is CNCC(=O)NCCCCN(C)c1ccccc1. The van der Waals surface area contributed by atoms with Gasteiger partial charge in [-0.3, -0.25) is 4.79 Å². The molecule has 0 fully saturated rings. The number of nitrogens with one attached hydrogen (secondary N) is 2. The number of amides is 1. The summed E-state index contributed by atoms with van der Waals surface area (Å²) in [6, 6.07) is 10.3. The summed E-state index contributed by atoms with van der Waals surface area (Å²) < 4.78 is 0. The Balaban J connectivity index is 2.09. The van der Waals surface area contributed by atoms with E-state index in [1.54, 1.807) is 7.05 Å². The highest BCUT2D eigenvalue weighted by Crippen LogP contribution is 2.11. The zero-order chi connectivity index (χ0) is 13.2. The Morgan fingerprint density at radius 2 is 1.94 bits per heavy atom. The normalized spacial score (nSPS) is 10.1. The van der Waals surface area contributed by atoms with E-state index in [1.807, 2.05) is 18.2 Å². The Morgan fingerprint density at radius 3 is 2.61 bits per heavy atom. The number of rotatable bonds is 8. The Hall–Kier alpha value is -1.55. The van der Waals surface area contributed by atoms with Crippen LogP contribution in [0.2, 0.25) is 0 Å². The minimum absolute atomic E-state index is 0.0638. The van der Waals surface area contributed by atoms with Crippen LogP contribution in [0, 0.1) is 0 Å². The molecular formula is C14H23N3O. The lowest BCUT2D eigenvalue weighted by Gasteiger charge is -2.19. The van der Waals surface area contributed by atoms with E-state index in [0.717, 1.165) is 25.9 Å². The number of hydrogen-bond acceptors (Lipinski definition) is 3. The third kappa shape index (κ3) is 5.68. The molecule has 0 saturated heterocycles. The van der Waals surface area contributed by atoms with Gasteiger partial charge in [0.25, 0.3) is 0 Å². The Labute approximate surface area is 109 Å². The van der Waals surface area contributed by atoms with Crippen molar-refractivity contribution in [2.75, 3.05) is 38.6 Å². The van der Waals surface area contributed by atoms with Gasteiger partial charge in [0.2, 0.25) is 5.91 Å². The molecule has 1 amide bonds. The van der Waals surface area contributed by atoms with Crippen molar-refractivity contribution in [1.29, 1.82) is 0 Å². The topological polar surface area (TPSA) is 44.4 Å². The van der Waals surface area contributed by atoms with E-state index in [9.17, 15) is 4.79 Å². The van der Waals surface area contributed by atoms with E-state index in [1.165, 1.54) is 5.69 Å². The van der Waals surface area contributed by atoms with E-state index < -0.39 is 0 Å². The van der Waals surface area contributed by atoms with Crippen LogP contribution in [0.5, 0.6) is 0 Å². The maximum absolute atomic E-state index is 11.2. The Bertz CT molecular complexity index is 340. The van der Waals surface area contributed by atoms with Crippen molar-refractivity contribution in [3.63, 3.8) is 0 Å². The molecule has 0 atom stereocenters. The fourth-order valence-corrected chi connectivity index (χ4v) is 1.74. The summed E-state index contributed by atoms with van der Waals surface area (Å²) in [6.45, 7) is 2.15. The van der Waals surface area contributed by atoms with Crippen molar-refractivity contribution < 1.29 is 4.79 Å². The standard InChI is InChI=1S/C14H23N3O/c1-15-12-14(18)16-10-6-7-11-17(2)13-8-4-3-5-9-13/h3-5,8-9,15H,6-7,10-12H2,1-2H3,(H,16,18). The van der Waals surface area contributed by atoms with E-state index >= 15 is 0 Å². The van der Waals surface area contributed by atoms with E-state index in [2.05, 4.69) is 34.7 Å². The average Bonchev–Trinajstić information content (AvgIpc) is 2.39. The summed E-state index contributed by atoms with van der Waals surface area (Å²) in [7, 11) is 3.86. The molecule has 4 heteroatoms. The predicted molar refractivity (Wildman–Crippen MR) is 75.9 cm³/mol. The van der Waals surface area contributed by atoms with Gasteiger partial charge in [-0.1, -0.05) is 18.2 Å². The molecule has 2 N–H and O–H groups in total.